The van der Waals surface area contributed by atoms with Crippen molar-refractivity contribution in [3.63, 3.8) is 0 Å². The third-order valence-corrected chi connectivity index (χ3v) is 2.86. The standard InChI is InChI=1S/C11H13NOS/c1-12-10-9-5-3-2-4-8(9)6-7-13-11(10)14/h2-5,10,12H,6-7H2,1H3. The predicted octanol–water partition coefficient (Wildman–Crippen LogP) is 1.85. The Balaban J connectivity index is 2.44. The normalized spacial score (nSPS) is 20.9. The predicted molar refractivity (Wildman–Crippen MR) is 60.5 cm³/mol. The summed E-state index contributed by atoms with van der Waals surface area (Å²) in [5, 5.41) is 3.83. The Morgan fingerprint density at radius 1 is 1.43 bits per heavy atom. The number of likely N-dealkylation sites (N-methyl/N-ethyl adjacent to an activating group) is 1. The highest BCUT2D eigenvalue weighted by Gasteiger charge is 2.21. The van der Waals surface area contributed by atoms with E-state index < -0.39 is 0 Å². The lowest BCUT2D eigenvalue weighted by molar-refractivity contribution is 0.307. The second-order valence-electron chi connectivity index (χ2n) is 3.34. The molecule has 14 heavy (non-hydrogen) atoms. The molecule has 1 heterocycles. The van der Waals surface area contributed by atoms with Crippen LogP contribution < -0.4 is 5.32 Å². The van der Waals surface area contributed by atoms with Crippen LogP contribution in [0, 0.1) is 0 Å². The Labute approximate surface area is 89.3 Å². The van der Waals surface area contributed by atoms with Crippen molar-refractivity contribution in [2.45, 2.75) is 12.5 Å². The fourth-order valence-corrected chi connectivity index (χ4v) is 2.12. The van der Waals surface area contributed by atoms with Crippen molar-refractivity contribution in [1.82, 2.24) is 5.32 Å². The number of rotatable bonds is 1. The molecule has 0 spiro atoms. The molecule has 74 valence electrons. The van der Waals surface area contributed by atoms with Gasteiger partial charge in [-0.1, -0.05) is 24.3 Å². The van der Waals surface area contributed by atoms with E-state index in [0.717, 1.165) is 6.42 Å². The van der Waals surface area contributed by atoms with Gasteiger partial charge >= 0.3 is 0 Å². The minimum atomic E-state index is 0.0590. The molecule has 0 aromatic heterocycles. The number of benzene rings is 1. The Morgan fingerprint density at radius 2 is 2.21 bits per heavy atom. The average molecular weight is 207 g/mol. The molecule has 0 radical (unpaired) electrons. The summed E-state index contributed by atoms with van der Waals surface area (Å²) in [5.41, 5.74) is 2.57. The van der Waals surface area contributed by atoms with E-state index in [9.17, 15) is 0 Å². The number of thiocarbonyl (C=S) groups is 1. The molecule has 1 aromatic carbocycles. The van der Waals surface area contributed by atoms with Gasteiger partial charge in [-0.15, -0.1) is 0 Å². The average Bonchev–Trinajstić information content (AvgIpc) is 2.36. The highest BCUT2D eigenvalue weighted by molar-refractivity contribution is 7.80. The fourth-order valence-electron chi connectivity index (χ4n) is 1.79. The minimum absolute atomic E-state index is 0.0590. The van der Waals surface area contributed by atoms with E-state index in [-0.39, 0.29) is 6.04 Å². The molecule has 0 fully saturated rings. The summed E-state index contributed by atoms with van der Waals surface area (Å²) in [6, 6.07) is 8.40. The van der Waals surface area contributed by atoms with Crippen LogP contribution in [0.3, 0.4) is 0 Å². The Kier molecular flexibility index (Phi) is 2.79. The first-order chi connectivity index (χ1) is 6.83. The number of ether oxygens (including phenoxy) is 1. The maximum absolute atomic E-state index is 5.46. The van der Waals surface area contributed by atoms with E-state index in [4.69, 9.17) is 17.0 Å². The van der Waals surface area contributed by atoms with Crippen LogP contribution >= 0.6 is 12.2 Å². The SMILES string of the molecule is CNC1C(=S)OCCc2ccccc21. The lowest BCUT2D eigenvalue weighted by Gasteiger charge is -2.16. The Hall–Kier alpha value is -0.930. The van der Waals surface area contributed by atoms with Gasteiger partial charge in [-0.3, -0.25) is 0 Å². The van der Waals surface area contributed by atoms with Crippen molar-refractivity contribution in [2.75, 3.05) is 13.7 Å². The fraction of sp³-hybridized carbons (Fsp3) is 0.364. The van der Waals surface area contributed by atoms with Gasteiger partial charge in [0.2, 0.25) is 0 Å². The van der Waals surface area contributed by atoms with Gasteiger partial charge in [0.05, 0.1) is 6.61 Å². The second kappa shape index (κ2) is 4.07. The summed E-state index contributed by atoms with van der Waals surface area (Å²) in [7, 11) is 1.91. The van der Waals surface area contributed by atoms with E-state index >= 15 is 0 Å². The lowest BCUT2D eigenvalue weighted by Crippen LogP contribution is -2.25. The van der Waals surface area contributed by atoms with Gasteiger partial charge in [0.25, 0.3) is 0 Å². The van der Waals surface area contributed by atoms with Gasteiger partial charge in [0.15, 0.2) is 5.05 Å². The van der Waals surface area contributed by atoms with Crippen molar-refractivity contribution in [2.24, 2.45) is 0 Å². The zero-order chi connectivity index (χ0) is 9.97. The quantitative estimate of drug-likeness (QED) is 0.710. The van der Waals surface area contributed by atoms with Gasteiger partial charge in [0, 0.05) is 6.42 Å². The van der Waals surface area contributed by atoms with Gasteiger partial charge < -0.3 is 10.1 Å². The van der Waals surface area contributed by atoms with Crippen LogP contribution in [-0.4, -0.2) is 18.7 Å². The summed E-state index contributed by atoms with van der Waals surface area (Å²) < 4.78 is 5.46. The first-order valence-electron chi connectivity index (χ1n) is 4.74. The summed E-state index contributed by atoms with van der Waals surface area (Å²) in [6.45, 7) is 0.689. The van der Waals surface area contributed by atoms with E-state index in [1.807, 2.05) is 13.1 Å². The van der Waals surface area contributed by atoms with Gasteiger partial charge in [-0.05, 0) is 30.4 Å². The van der Waals surface area contributed by atoms with E-state index in [1.165, 1.54) is 11.1 Å². The molecule has 1 atom stereocenters. The van der Waals surface area contributed by atoms with E-state index in [0.29, 0.717) is 11.7 Å². The summed E-state index contributed by atoms with van der Waals surface area (Å²) in [4.78, 5) is 0. The Morgan fingerprint density at radius 3 is 3.00 bits per heavy atom. The number of nitrogens with one attached hydrogen (secondary N) is 1. The van der Waals surface area contributed by atoms with Crippen molar-refractivity contribution >= 4 is 17.3 Å². The monoisotopic (exact) mass is 207 g/mol. The minimum Gasteiger partial charge on any atom is -0.485 e. The van der Waals surface area contributed by atoms with Crippen LogP contribution in [0.15, 0.2) is 24.3 Å². The molecule has 3 heteroatoms. The number of hydrogen-bond donors (Lipinski definition) is 1. The molecule has 1 unspecified atom stereocenters. The summed E-state index contributed by atoms with van der Waals surface area (Å²) in [5.74, 6) is 0. The molecule has 0 amide bonds. The maximum Gasteiger partial charge on any atom is 0.181 e. The van der Waals surface area contributed by atoms with E-state index in [1.54, 1.807) is 0 Å². The molecular formula is C11H13NOS. The molecular weight excluding hydrogens is 194 g/mol. The smallest absolute Gasteiger partial charge is 0.181 e. The second-order valence-corrected chi connectivity index (χ2v) is 3.74. The van der Waals surface area contributed by atoms with Crippen molar-refractivity contribution in [3.8, 4) is 0 Å². The third kappa shape index (κ3) is 1.65. The molecule has 0 bridgehead atoms. The van der Waals surface area contributed by atoms with Crippen LogP contribution in [0.5, 0.6) is 0 Å². The topological polar surface area (TPSA) is 21.3 Å². The molecule has 2 rings (SSSR count). The summed E-state index contributed by atoms with van der Waals surface area (Å²) >= 11 is 5.20. The molecule has 0 aliphatic carbocycles. The van der Waals surface area contributed by atoms with Crippen molar-refractivity contribution in [1.29, 1.82) is 0 Å². The number of fused-ring (bicyclic) bond motifs is 1. The van der Waals surface area contributed by atoms with Crippen LogP contribution in [0.2, 0.25) is 0 Å². The maximum atomic E-state index is 5.46. The third-order valence-electron chi connectivity index (χ3n) is 2.51. The molecule has 1 N–H and O–H groups in total. The first kappa shape index (κ1) is 9.62. The number of hydrogen-bond acceptors (Lipinski definition) is 3. The van der Waals surface area contributed by atoms with Crippen molar-refractivity contribution in [3.05, 3.63) is 35.4 Å². The molecule has 0 saturated heterocycles. The van der Waals surface area contributed by atoms with Crippen LogP contribution in [-0.2, 0) is 11.2 Å². The first-order valence-corrected chi connectivity index (χ1v) is 5.15. The molecule has 0 saturated carbocycles. The summed E-state index contributed by atoms with van der Waals surface area (Å²) in [6.07, 6.45) is 0.939. The van der Waals surface area contributed by atoms with Gasteiger partial charge in [-0.25, -0.2) is 0 Å². The molecule has 1 aromatic rings. The molecule has 2 nitrogen and oxygen atoms in total. The largest absolute Gasteiger partial charge is 0.485 e. The zero-order valence-corrected chi connectivity index (χ0v) is 8.93. The van der Waals surface area contributed by atoms with Crippen molar-refractivity contribution < 1.29 is 4.74 Å². The zero-order valence-electron chi connectivity index (χ0n) is 8.12. The molecule has 1 aliphatic heterocycles. The van der Waals surface area contributed by atoms with Crippen LogP contribution in [0.1, 0.15) is 17.2 Å². The van der Waals surface area contributed by atoms with Crippen LogP contribution in [0.4, 0.5) is 0 Å². The Bertz CT molecular complexity index is 351. The van der Waals surface area contributed by atoms with E-state index in [2.05, 4.69) is 23.5 Å². The highest BCUT2D eigenvalue weighted by Crippen LogP contribution is 2.23. The van der Waals surface area contributed by atoms with Crippen LogP contribution in [0.25, 0.3) is 0 Å². The van der Waals surface area contributed by atoms with Gasteiger partial charge in [0.1, 0.15) is 6.04 Å². The highest BCUT2D eigenvalue weighted by atomic mass is 32.1. The lowest BCUT2D eigenvalue weighted by atomic mass is 10.00. The van der Waals surface area contributed by atoms with Gasteiger partial charge in [-0.2, -0.15) is 0 Å². The molecule has 1 aliphatic rings.